The van der Waals surface area contributed by atoms with Crippen LogP contribution in [0.1, 0.15) is 12.5 Å². The summed E-state index contributed by atoms with van der Waals surface area (Å²) in [5.74, 6) is 0.324. The van der Waals surface area contributed by atoms with Gasteiger partial charge >= 0.3 is 5.69 Å². The minimum atomic E-state index is -0.358. The van der Waals surface area contributed by atoms with Gasteiger partial charge in [-0.05, 0) is 31.0 Å². The molecule has 7 nitrogen and oxygen atoms in total. The Hall–Kier alpha value is -2.67. The molecule has 1 aromatic carbocycles. The lowest BCUT2D eigenvalue weighted by Gasteiger charge is -2.14. The fraction of sp³-hybridized carbons (Fsp3) is 0.421. The molecule has 0 spiro atoms. The topological polar surface area (TPSA) is 73.8 Å². The van der Waals surface area contributed by atoms with Gasteiger partial charge in [-0.3, -0.25) is 13.9 Å². The second kappa shape index (κ2) is 7.70. The first-order valence-corrected chi connectivity index (χ1v) is 8.84. The van der Waals surface area contributed by atoms with Crippen LogP contribution in [0.25, 0.3) is 11.2 Å². The zero-order valence-electron chi connectivity index (χ0n) is 15.5. The molecule has 0 fully saturated rings. The van der Waals surface area contributed by atoms with Gasteiger partial charge in [-0.1, -0.05) is 37.3 Å². The van der Waals surface area contributed by atoms with Crippen LogP contribution < -0.4 is 16.6 Å². The molecular formula is C19H25N5O2. The standard InChI is InChI=1S/C19H25N5O2/c1-14(11-20-10-9-15-7-5-4-6-8-15)12-24-13-21-17-16(24)18(25)23(3)19(26)22(17)2/h4-8,13-14,20H,9-12H2,1-3H3. The summed E-state index contributed by atoms with van der Waals surface area (Å²) in [6, 6.07) is 10.4. The van der Waals surface area contributed by atoms with E-state index >= 15 is 0 Å². The van der Waals surface area contributed by atoms with Crippen molar-refractivity contribution in [2.45, 2.75) is 19.9 Å². The van der Waals surface area contributed by atoms with Crippen LogP contribution >= 0.6 is 0 Å². The molecule has 1 N–H and O–H groups in total. The third kappa shape index (κ3) is 3.62. The van der Waals surface area contributed by atoms with Crippen molar-refractivity contribution in [3.63, 3.8) is 0 Å². The molecule has 7 heteroatoms. The van der Waals surface area contributed by atoms with Crippen LogP contribution in [0.5, 0.6) is 0 Å². The van der Waals surface area contributed by atoms with Crippen LogP contribution in [-0.2, 0) is 27.1 Å². The van der Waals surface area contributed by atoms with Crippen molar-refractivity contribution in [3.05, 3.63) is 63.1 Å². The monoisotopic (exact) mass is 355 g/mol. The van der Waals surface area contributed by atoms with Crippen molar-refractivity contribution >= 4 is 11.2 Å². The van der Waals surface area contributed by atoms with Gasteiger partial charge in [-0.25, -0.2) is 9.78 Å². The van der Waals surface area contributed by atoms with Crippen molar-refractivity contribution in [3.8, 4) is 0 Å². The summed E-state index contributed by atoms with van der Waals surface area (Å²) >= 11 is 0. The van der Waals surface area contributed by atoms with Crippen molar-refractivity contribution in [2.75, 3.05) is 13.1 Å². The van der Waals surface area contributed by atoms with E-state index in [9.17, 15) is 9.59 Å². The van der Waals surface area contributed by atoms with E-state index < -0.39 is 0 Å². The summed E-state index contributed by atoms with van der Waals surface area (Å²) in [4.78, 5) is 28.7. The highest BCUT2D eigenvalue weighted by Crippen LogP contribution is 2.08. The van der Waals surface area contributed by atoms with Crippen LogP contribution in [-0.4, -0.2) is 31.8 Å². The quantitative estimate of drug-likeness (QED) is 0.639. The zero-order valence-corrected chi connectivity index (χ0v) is 15.5. The van der Waals surface area contributed by atoms with Crippen molar-refractivity contribution in [1.29, 1.82) is 0 Å². The number of hydrogen-bond donors (Lipinski definition) is 1. The molecular weight excluding hydrogens is 330 g/mol. The van der Waals surface area contributed by atoms with Crippen LogP contribution in [0.3, 0.4) is 0 Å². The highest BCUT2D eigenvalue weighted by atomic mass is 16.2. The molecule has 0 bridgehead atoms. The average molecular weight is 355 g/mol. The van der Waals surface area contributed by atoms with Gasteiger partial charge in [0.1, 0.15) is 0 Å². The molecule has 0 aliphatic rings. The second-order valence-electron chi connectivity index (χ2n) is 6.82. The van der Waals surface area contributed by atoms with Crippen LogP contribution in [0.4, 0.5) is 0 Å². The van der Waals surface area contributed by atoms with Crippen molar-refractivity contribution in [2.24, 2.45) is 20.0 Å². The molecule has 26 heavy (non-hydrogen) atoms. The predicted octanol–water partition coefficient (Wildman–Crippen LogP) is 0.902. The summed E-state index contributed by atoms with van der Waals surface area (Å²) in [5, 5.41) is 3.47. The predicted molar refractivity (Wildman–Crippen MR) is 102 cm³/mol. The highest BCUT2D eigenvalue weighted by molar-refractivity contribution is 5.69. The molecule has 2 aromatic heterocycles. The largest absolute Gasteiger partial charge is 0.332 e. The third-order valence-electron chi connectivity index (χ3n) is 4.65. The first-order valence-electron chi connectivity index (χ1n) is 8.84. The van der Waals surface area contributed by atoms with Gasteiger partial charge in [0.15, 0.2) is 11.2 Å². The first-order chi connectivity index (χ1) is 12.5. The van der Waals surface area contributed by atoms with Gasteiger partial charge in [-0.15, -0.1) is 0 Å². The normalized spacial score (nSPS) is 12.6. The molecule has 1 atom stereocenters. The van der Waals surface area contributed by atoms with E-state index in [0.29, 0.717) is 23.6 Å². The molecule has 0 radical (unpaired) electrons. The second-order valence-corrected chi connectivity index (χ2v) is 6.82. The molecule has 3 aromatic rings. The molecule has 1 unspecified atom stereocenters. The van der Waals surface area contributed by atoms with E-state index in [4.69, 9.17) is 0 Å². The van der Waals surface area contributed by atoms with E-state index in [1.165, 1.54) is 17.2 Å². The fourth-order valence-electron chi connectivity index (χ4n) is 3.16. The van der Waals surface area contributed by atoms with E-state index in [0.717, 1.165) is 24.1 Å². The Labute approximate surface area is 151 Å². The maximum Gasteiger partial charge on any atom is 0.332 e. The van der Waals surface area contributed by atoms with E-state index in [1.54, 1.807) is 13.4 Å². The lowest BCUT2D eigenvalue weighted by atomic mass is 10.1. The fourth-order valence-corrected chi connectivity index (χ4v) is 3.16. The number of benzene rings is 1. The molecule has 0 saturated heterocycles. The highest BCUT2D eigenvalue weighted by Gasteiger charge is 2.15. The van der Waals surface area contributed by atoms with Crippen LogP contribution in [0.2, 0.25) is 0 Å². The number of nitrogens with zero attached hydrogens (tertiary/aromatic N) is 4. The number of imidazole rings is 1. The van der Waals surface area contributed by atoms with Gasteiger partial charge in [0.05, 0.1) is 6.33 Å². The van der Waals surface area contributed by atoms with E-state index in [2.05, 4.69) is 41.5 Å². The zero-order chi connectivity index (χ0) is 18.7. The molecule has 3 rings (SSSR count). The molecule has 0 aliphatic carbocycles. The van der Waals surface area contributed by atoms with E-state index in [1.807, 2.05) is 10.6 Å². The Morgan fingerprint density at radius 1 is 1.12 bits per heavy atom. The van der Waals surface area contributed by atoms with Crippen molar-refractivity contribution < 1.29 is 0 Å². The number of aromatic nitrogens is 4. The Morgan fingerprint density at radius 3 is 2.58 bits per heavy atom. The number of fused-ring (bicyclic) bond motifs is 1. The number of nitrogens with one attached hydrogen (secondary N) is 1. The molecule has 138 valence electrons. The summed E-state index contributed by atoms with van der Waals surface area (Å²) < 4.78 is 4.39. The van der Waals surface area contributed by atoms with Gasteiger partial charge < -0.3 is 9.88 Å². The minimum Gasteiger partial charge on any atom is -0.324 e. The van der Waals surface area contributed by atoms with Gasteiger partial charge in [-0.2, -0.15) is 0 Å². The molecule has 0 amide bonds. The number of rotatable bonds is 7. The lowest BCUT2D eigenvalue weighted by Crippen LogP contribution is -2.37. The smallest absolute Gasteiger partial charge is 0.324 e. The Morgan fingerprint density at radius 2 is 1.85 bits per heavy atom. The number of hydrogen-bond acceptors (Lipinski definition) is 4. The van der Waals surface area contributed by atoms with Crippen LogP contribution in [0.15, 0.2) is 46.2 Å². The maximum atomic E-state index is 12.5. The lowest BCUT2D eigenvalue weighted by molar-refractivity contribution is 0.452. The van der Waals surface area contributed by atoms with Crippen LogP contribution in [0, 0.1) is 5.92 Å². The van der Waals surface area contributed by atoms with Crippen molar-refractivity contribution in [1.82, 2.24) is 24.0 Å². The maximum absolute atomic E-state index is 12.5. The summed E-state index contributed by atoms with van der Waals surface area (Å²) in [5.41, 5.74) is 1.57. The summed E-state index contributed by atoms with van der Waals surface area (Å²) in [7, 11) is 3.13. The van der Waals surface area contributed by atoms with Gasteiger partial charge in [0, 0.05) is 20.6 Å². The summed E-state index contributed by atoms with van der Waals surface area (Å²) in [6.45, 7) is 4.56. The SMILES string of the molecule is CC(CNCCc1ccccc1)Cn1cnc2c1c(=O)n(C)c(=O)n2C. The number of aryl methyl sites for hydroxylation is 1. The molecule has 0 saturated carbocycles. The molecule has 0 aliphatic heterocycles. The minimum absolute atomic E-state index is 0.301. The first kappa shape index (κ1) is 18.1. The third-order valence-corrected chi connectivity index (χ3v) is 4.65. The Bertz CT molecular complexity index is 1000. The van der Waals surface area contributed by atoms with Gasteiger partial charge in [0.2, 0.25) is 0 Å². The molecule has 2 heterocycles. The van der Waals surface area contributed by atoms with E-state index in [-0.39, 0.29) is 11.2 Å². The average Bonchev–Trinajstić information content (AvgIpc) is 3.06. The summed E-state index contributed by atoms with van der Waals surface area (Å²) in [6.07, 6.45) is 2.64. The Kier molecular flexibility index (Phi) is 5.37. The Balaban J connectivity index is 1.64. The van der Waals surface area contributed by atoms with Gasteiger partial charge in [0.25, 0.3) is 5.56 Å².